The van der Waals surface area contributed by atoms with Gasteiger partial charge < -0.3 is 4.90 Å². The van der Waals surface area contributed by atoms with Crippen LogP contribution in [0.25, 0.3) is 0 Å². The number of piperidine rings is 1. The van der Waals surface area contributed by atoms with Gasteiger partial charge in [-0.1, -0.05) is 78.1 Å². The van der Waals surface area contributed by atoms with Crippen LogP contribution in [0.4, 0.5) is 0 Å². The summed E-state index contributed by atoms with van der Waals surface area (Å²) in [6, 6.07) is 3.52. The SMILES string of the molecule is CCCCCCCC1(C#N)CCC(N2CCC(CCCCCC)CC2)CC1. The van der Waals surface area contributed by atoms with Crippen molar-refractivity contribution in [2.75, 3.05) is 13.1 Å². The van der Waals surface area contributed by atoms with Crippen molar-refractivity contribution < 1.29 is 0 Å². The van der Waals surface area contributed by atoms with Crippen LogP contribution in [0.15, 0.2) is 0 Å². The first-order valence-electron chi connectivity index (χ1n) is 12.4. The summed E-state index contributed by atoms with van der Waals surface area (Å²) < 4.78 is 0. The second-order valence-electron chi connectivity index (χ2n) is 9.62. The third kappa shape index (κ3) is 7.77. The van der Waals surface area contributed by atoms with Gasteiger partial charge >= 0.3 is 0 Å². The van der Waals surface area contributed by atoms with Crippen molar-refractivity contribution in [1.82, 2.24) is 4.90 Å². The fourth-order valence-corrected chi connectivity index (χ4v) is 5.47. The van der Waals surface area contributed by atoms with Gasteiger partial charge in [-0.15, -0.1) is 0 Å². The van der Waals surface area contributed by atoms with E-state index < -0.39 is 0 Å². The molecule has 0 unspecified atom stereocenters. The number of rotatable bonds is 12. The fraction of sp³-hybridized carbons (Fsp3) is 0.960. The van der Waals surface area contributed by atoms with Crippen molar-refractivity contribution in [2.24, 2.45) is 11.3 Å². The Morgan fingerprint density at radius 3 is 2.00 bits per heavy atom. The number of hydrogen-bond donors (Lipinski definition) is 0. The molecule has 1 aliphatic heterocycles. The number of hydrogen-bond acceptors (Lipinski definition) is 2. The summed E-state index contributed by atoms with van der Waals surface area (Å²) in [5, 5.41) is 9.83. The number of unbranched alkanes of at least 4 members (excludes halogenated alkanes) is 7. The summed E-state index contributed by atoms with van der Waals surface area (Å²) in [6.45, 7) is 7.21. The Morgan fingerprint density at radius 2 is 1.41 bits per heavy atom. The first kappa shape index (κ1) is 22.7. The molecular formula is C25H46N2. The third-order valence-corrected chi connectivity index (χ3v) is 7.54. The molecule has 0 bridgehead atoms. The Kier molecular flexibility index (Phi) is 10.8. The molecule has 27 heavy (non-hydrogen) atoms. The molecule has 1 saturated heterocycles. The molecule has 156 valence electrons. The Labute approximate surface area is 170 Å². The lowest BCUT2D eigenvalue weighted by atomic mass is 9.70. The van der Waals surface area contributed by atoms with Gasteiger partial charge in [0.25, 0.3) is 0 Å². The zero-order chi connectivity index (χ0) is 19.4. The van der Waals surface area contributed by atoms with E-state index in [9.17, 15) is 5.26 Å². The van der Waals surface area contributed by atoms with E-state index in [1.807, 2.05) is 0 Å². The average molecular weight is 375 g/mol. The lowest BCUT2D eigenvalue weighted by Crippen LogP contribution is -2.44. The Hall–Kier alpha value is -0.550. The van der Waals surface area contributed by atoms with Crippen LogP contribution in [0.1, 0.15) is 123 Å². The predicted molar refractivity (Wildman–Crippen MR) is 117 cm³/mol. The number of likely N-dealkylation sites (tertiary alicyclic amines) is 1. The van der Waals surface area contributed by atoms with E-state index in [1.165, 1.54) is 103 Å². The molecule has 1 aliphatic carbocycles. The van der Waals surface area contributed by atoms with Crippen molar-refractivity contribution in [3.63, 3.8) is 0 Å². The highest BCUT2D eigenvalue weighted by molar-refractivity contribution is 5.03. The maximum atomic E-state index is 9.83. The van der Waals surface area contributed by atoms with Gasteiger partial charge in [-0.2, -0.15) is 5.26 Å². The molecule has 2 fully saturated rings. The first-order valence-corrected chi connectivity index (χ1v) is 12.4. The van der Waals surface area contributed by atoms with Crippen molar-refractivity contribution in [1.29, 1.82) is 5.26 Å². The van der Waals surface area contributed by atoms with Gasteiger partial charge in [-0.25, -0.2) is 0 Å². The lowest BCUT2D eigenvalue weighted by molar-refractivity contribution is 0.0754. The largest absolute Gasteiger partial charge is 0.300 e. The van der Waals surface area contributed by atoms with Crippen molar-refractivity contribution in [3.05, 3.63) is 0 Å². The normalized spacial score (nSPS) is 27.5. The second-order valence-corrected chi connectivity index (χ2v) is 9.62. The van der Waals surface area contributed by atoms with E-state index in [4.69, 9.17) is 0 Å². The molecule has 1 saturated carbocycles. The highest BCUT2D eigenvalue weighted by Gasteiger charge is 2.37. The van der Waals surface area contributed by atoms with E-state index in [2.05, 4.69) is 24.8 Å². The topological polar surface area (TPSA) is 27.0 Å². The summed E-state index contributed by atoms with van der Waals surface area (Å²) >= 11 is 0. The van der Waals surface area contributed by atoms with E-state index in [-0.39, 0.29) is 5.41 Å². The number of nitriles is 1. The standard InChI is InChI=1S/C25H46N2/c1-3-5-7-9-11-17-25(22-26)18-13-24(14-19-25)27-20-15-23(16-21-27)12-10-8-6-4-2/h23-24H,3-21H2,1-2H3. The smallest absolute Gasteiger partial charge is 0.0689 e. The van der Waals surface area contributed by atoms with Crippen LogP contribution >= 0.6 is 0 Å². The van der Waals surface area contributed by atoms with Gasteiger partial charge in [0.2, 0.25) is 0 Å². The summed E-state index contributed by atoms with van der Waals surface area (Å²) in [7, 11) is 0. The lowest BCUT2D eigenvalue weighted by Gasteiger charge is -2.43. The van der Waals surface area contributed by atoms with Gasteiger partial charge in [0, 0.05) is 6.04 Å². The van der Waals surface area contributed by atoms with Crippen molar-refractivity contribution in [2.45, 2.75) is 129 Å². The minimum absolute atomic E-state index is 0.0142. The van der Waals surface area contributed by atoms with Crippen LogP contribution < -0.4 is 0 Å². The molecular weight excluding hydrogens is 328 g/mol. The molecule has 2 heteroatoms. The summed E-state index contributed by atoms with van der Waals surface area (Å²) in [5.41, 5.74) is 0.0142. The van der Waals surface area contributed by atoms with Crippen molar-refractivity contribution in [3.8, 4) is 6.07 Å². The average Bonchev–Trinajstić information content (AvgIpc) is 2.72. The maximum absolute atomic E-state index is 9.83. The number of nitrogens with zero attached hydrogens (tertiary/aromatic N) is 2. The molecule has 0 aromatic rings. The quantitative estimate of drug-likeness (QED) is 0.331. The monoisotopic (exact) mass is 374 g/mol. The van der Waals surface area contributed by atoms with Crippen LogP contribution in [-0.4, -0.2) is 24.0 Å². The second kappa shape index (κ2) is 12.8. The Bertz CT molecular complexity index is 409. The zero-order valence-electron chi connectivity index (χ0n) is 18.5. The molecule has 0 radical (unpaired) electrons. The van der Waals surface area contributed by atoms with Gasteiger partial charge in [0.15, 0.2) is 0 Å². The molecule has 1 heterocycles. The molecule has 2 aliphatic rings. The molecule has 0 spiro atoms. The summed E-state index contributed by atoms with van der Waals surface area (Å²) in [6.07, 6.45) is 22.6. The Balaban J connectivity index is 1.64. The molecule has 2 nitrogen and oxygen atoms in total. The van der Waals surface area contributed by atoms with E-state index in [0.29, 0.717) is 0 Å². The van der Waals surface area contributed by atoms with Gasteiger partial charge in [-0.3, -0.25) is 0 Å². The highest BCUT2D eigenvalue weighted by Crippen LogP contribution is 2.42. The van der Waals surface area contributed by atoms with Gasteiger partial charge in [0.1, 0.15) is 0 Å². The maximum Gasteiger partial charge on any atom is 0.0689 e. The van der Waals surface area contributed by atoms with Gasteiger partial charge in [-0.05, 0) is 64.0 Å². The minimum Gasteiger partial charge on any atom is -0.300 e. The van der Waals surface area contributed by atoms with Crippen LogP contribution in [-0.2, 0) is 0 Å². The van der Waals surface area contributed by atoms with E-state index >= 15 is 0 Å². The summed E-state index contributed by atoms with van der Waals surface area (Å²) in [5.74, 6) is 0.989. The van der Waals surface area contributed by atoms with Gasteiger partial charge in [0.05, 0.1) is 11.5 Å². The molecule has 2 rings (SSSR count). The van der Waals surface area contributed by atoms with Crippen LogP contribution in [0.2, 0.25) is 0 Å². The molecule has 0 aromatic carbocycles. The van der Waals surface area contributed by atoms with Crippen LogP contribution in [0.5, 0.6) is 0 Å². The zero-order valence-corrected chi connectivity index (χ0v) is 18.5. The van der Waals surface area contributed by atoms with Crippen molar-refractivity contribution >= 4 is 0 Å². The van der Waals surface area contributed by atoms with Crippen LogP contribution in [0, 0.1) is 22.7 Å². The Morgan fingerprint density at radius 1 is 0.815 bits per heavy atom. The third-order valence-electron chi connectivity index (χ3n) is 7.54. The fourth-order valence-electron chi connectivity index (χ4n) is 5.47. The van der Waals surface area contributed by atoms with Crippen LogP contribution in [0.3, 0.4) is 0 Å². The first-order chi connectivity index (χ1) is 13.2. The minimum atomic E-state index is 0.0142. The van der Waals surface area contributed by atoms with E-state index in [1.54, 1.807) is 0 Å². The molecule has 0 aromatic heterocycles. The predicted octanol–water partition coefficient (Wildman–Crippen LogP) is 7.48. The highest BCUT2D eigenvalue weighted by atomic mass is 15.2. The molecule has 0 amide bonds. The molecule has 0 N–H and O–H groups in total. The van der Waals surface area contributed by atoms with E-state index in [0.717, 1.165) is 31.2 Å². The summed E-state index contributed by atoms with van der Waals surface area (Å²) in [4.78, 5) is 2.78. The molecule has 0 atom stereocenters.